The highest BCUT2D eigenvalue weighted by atomic mass is 16.5. The van der Waals surface area contributed by atoms with E-state index in [-0.39, 0.29) is 17.9 Å². The van der Waals surface area contributed by atoms with Crippen LogP contribution in [0.5, 0.6) is 0 Å². The Morgan fingerprint density at radius 1 is 1.10 bits per heavy atom. The van der Waals surface area contributed by atoms with E-state index >= 15 is 0 Å². The second-order valence-electron chi connectivity index (χ2n) is 8.73. The topological polar surface area (TPSA) is 65.1 Å². The summed E-state index contributed by atoms with van der Waals surface area (Å²) in [7, 11) is 2.02. The number of nitrogens with zero attached hydrogens (tertiary/aromatic N) is 3. The minimum Gasteiger partial charge on any atom is -0.368 e. The number of benzene rings is 2. The van der Waals surface area contributed by atoms with Crippen molar-refractivity contribution < 1.29 is 14.3 Å². The molecule has 7 heteroatoms. The standard InChI is InChI=1S/C24H28N4O3/c1-15-13-27(24(30)23-5-4-10-31-23)22-12-18(7-9-21(22)28(15)16(2)29)17-6-8-20-19(11-17)14-26(3)25-20/h6-9,11-12,15,23,25H,4-5,10,13-14H2,1-3H3/t15-,23?/m0/s1. The van der Waals surface area contributed by atoms with Crippen molar-refractivity contribution >= 4 is 28.9 Å². The van der Waals surface area contributed by atoms with Crippen LogP contribution in [0, 0.1) is 0 Å². The van der Waals surface area contributed by atoms with Crippen molar-refractivity contribution in [3.05, 3.63) is 42.0 Å². The maximum absolute atomic E-state index is 13.3. The van der Waals surface area contributed by atoms with Gasteiger partial charge in [0.15, 0.2) is 0 Å². The first kappa shape index (κ1) is 20.0. The molecule has 0 spiro atoms. The van der Waals surface area contributed by atoms with Gasteiger partial charge in [-0.25, -0.2) is 5.01 Å². The Hall–Kier alpha value is -2.90. The molecule has 3 aliphatic heterocycles. The van der Waals surface area contributed by atoms with Gasteiger partial charge in [-0.15, -0.1) is 0 Å². The Bertz CT molecular complexity index is 1050. The summed E-state index contributed by atoms with van der Waals surface area (Å²) < 4.78 is 5.68. The van der Waals surface area contributed by atoms with Crippen LogP contribution >= 0.6 is 0 Å². The first-order valence-electron chi connectivity index (χ1n) is 10.9. The second-order valence-corrected chi connectivity index (χ2v) is 8.73. The highest BCUT2D eigenvalue weighted by Gasteiger charge is 2.37. The second kappa shape index (κ2) is 7.66. The van der Waals surface area contributed by atoms with Gasteiger partial charge < -0.3 is 20.0 Å². The largest absolute Gasteiger partial charge is 0.368 e. The maximum atomic E-state index is 13.3. The first-order valence-corrected chi connectivity index (χ1v) is 10.9. The molecule has 1 fully saturated rings. The molecule has 3 heterocycles. The Morgan fingerprint density at radius 2 is 1.87 bits per heavy atom. The molecule has 0 bridgehead atoms. The maximum Gasteiger partial charge on any atom is 0.256 e. The van der Waals surface area contributed by atoms with E-state index in [0.29, 0.717) is 13.2 Å². The van der Waals surface area contributed by atoms with Gasteiger partial charge in [-0.1, -0.05) is 12.1 Å². The number of nitrogens with one attached hydrogen (secondary N) is 1. The number of hydrogen-bond acceptors (Lipinski definition) is 5. The van der Waals surface area contributed by atoms with E-state index in [9.17, 15) is 9.59 Å². The Morgan fingerprint density at radius 3 is 2.61 bits per heavy atom. The van der Waals surface area contributed by atoms with E-state index in [1.54, 1.807) is 11.8 Å². The zero-order chi connectivity index (χ0) is 21.7. The van der Waals surface area contributed by atoms with Gasteiger partial charge in [-0.3, -0.25) is 9.59 Å². The zero-order valence-corrected chi connectivity index (χ0v) is 18.2. The lowest BCUT2D eigenvalue weighted by atomic mass is 9.98. The van der Waals surface area contributed by atoms with Crippen LogP contribution in [0.25, 0.3) is 11.1 Å². The van der Waals surface area contributed by atoms with E-state index in [0.717, 1.165) is 47.6 Å². The predicted molar refractivity (Wildman–Crippen MR) is 121 cm³/mol. The van der Waals surface area contributed by atoms with Crippen molar-refractivity contribution in [2.24, 2.45) is 0 Å². The molecule has 0 radical (unpaired) electrons. The number of fused-ring (bicyclic) bond motifs is 2. The van der Waals surface area contributed by atoms with Crippen molar-refractivity contribution in [3.8, 4) is 11.1 Å². The summed E-state index contributed by atoms with van der Waals surface area (Å²) in [6.07, 6.45) is 1.26. The van der Waals surface area contributed by atoms with Crippen LogP contribution in [-0.2, 0) is 20.9 Å². The monoisotopic (exact) mass is 420 g/mol. The van der Waals surface area contributed by atoms with Crippen molar-refractivity contribution in [1.29, 1.82) is 0 Å². The molecular weight excluding hydrogens is 392 g/mol. The number of hydrazine groups is 1. The molecule has 3 aliphatic rings. The third-order valence-corrected chi connectivity index (χ3v) is 6.38. The summed E-state index contributed by atoms with van der Waals surface area (Å²) in [5, 5.41) is 2.05. The van der Waals surface area contributed by atoms with E-state index in [2.05, 4.69) is 28.6 Å². The molecule has 1 N–H and O–H groups in total. The lowest BCUT2D eigenvalue weighted by Crippen LogP contribution is -2.53. The minimum absolute atomic E-state index is 0.00858. The number of hydrogen-bond donors (Lipinski definition) is 1. The van der Waals surface area contributed by atoms with Gasteiger partial charge in [0.05, 0.1) is 23.1 Å². The lowest BCUT2D eigenvalue weighted by Gasteiger charge is -2.41. The third-order valence-electron chi connectivity index (χ3n) is 6.38. The van der Waals surface area contributed by atoms with Crippen molar-refractivity contribution in [2.45, 2.75) is 45.4 Å². The van der Waals surface area contributed by atoms with Crippen LogP contribution in [0.3, 0.4) is 0 Å². The quantitative estimate of drug-likeness (QED) is 0.807. The smallest absolute Gasteiger partial charge is 0.256 e. The highest BCUT2D eigenvalue weighted by Crippen LogP contribution is 2.40. The molecule has 2 atom stereocenters. The molecule has 2 aromatic rings. The Kier molecular flexibility index (Phi) is 4.95. The number of ether oxygens (including phenoxy) is 1. The number of anilines is 3. The SMILES string of the molecule is CC(=O)N1c2ccc(-c3ccc4c(c3)CN(C)N4)cc2N(C(=O)C2CCCO2)C[C@@H]1C. The van der Waals surface area contributed by atoms with Gasteiger partial charge in [0.25, 0.3) is 5.91 Å². The summed E-state index contributed by atoms with van der Waals surface area (Å²) in [4.78, 5) is 29.3. The van der Waals surface area contributed by atoms with Gasteiger partial charge in [-0.05, 0) is 60.7 Å². The summed E-state index contributed by atoms with van der Waals surface area (Å²) in [5.41, 5.74) is 9.37. The Balaban J connectivity index is 1.57. The van der Waals surface area contributed by atoms with Gasteiger partial charge in [0.1, 0.15) is 6.10 Å². The van der Waals surface area contributed by atoms with Gasteiger partial charge in [0.2, 0.25) is 5.91 Å². The molecule has 2 aromatic carbocycles. The molecule has 7 nitrogen and oxygen atoms in total. The number of carbonyl (C=O) groups is 2. The van der Waals surface area contributed by atoms with Gasteiger partial charge in [-0.2, -0.15) is 0 Å². The normalized spacial score (nSPS) is 22.8. The number of amides is 2. The molecule has 2 amide bonds. The highest BCUT2D eigenvalue weighted by molar-refractivity contribution is 6.06. The van der Waals surface area contributed by atoms with Crippen molar-refractivity contribution in [1.82, 2.24) is 5.01 Å². The Labute approximate surface area is 182 Å². The lowest BCUT2D eigenvalue weighted by molar-refractivity contribution is -0.127. The predicted octanol–water partition coefficient (Wildman–Crippen LogP) is 3.39. The molecule has 162 valence electrons. The third kappa shape index (κ3) is 3.47. The summed E-state index contributed by atoms with van der Waals surface area (Å²) in [6, 6.07) is 12.3. The summed E-state index contributed by atoms with van der Waals surface area (Å²) in [6.45, 7) is 5.50. The van der Waals surface area contributed by atoms with Crippen LogP contribution in [0.2, 0.25) is 0 Å². The fraction of sp³-hybridized carbons (Fsp3) is 0.417. The molecule has 0 aromatic heterocycles. The van der Waals surface area contributed by atoms with E-state index in [4.69, 9.17) is 4.74 Å². The van der Waals surface area contributed by atoms with Crippen LogP contribution in [0.1, 0.15) is 32.3 Å². The van der Waals surface area contributed by atoms with Crippen LogP contribution in [0.15, 0.2) is 36.4 Å². The summed E-state index contributed by atoms with van der Waals surface area (Å²) in [5.74, 6) is -0.0249. The molecule has 5 rings (SSSR count). The molecule has 0 saturated carbocycles. The molecule has 1 saturated heterocycles. The van der Waals surface area contributed by atoms with E-state index < -0.39 is 6.10 Å². The van der Waals surface area contributed by atoms with Crippen LogP contribution in [0.4, 0.5) is 17.1 Å². The van der Waals surface area contributed by atoms with Gasteiger partial charge in [0, 0.05) is 33.7 Å². The molecule has 1 unspecified atom stereocenters. The van der Waals surface area contributed by atoms with Crippen LogP contribution in [-0.4, -0.2) is 49.2 Å². The van der Waals surface area contributed by atoms with E-state index in [1.807, 2.05) is 37.1 Å². The molecule has 0 aliphatic carbocycles. The average molecular weight is 421 g/mol. The van der Waals surface area contributed by atoms with Crippen molar-refractivity contribution in [2.75, 3.05) is 35.4 Å². The average Bonchev–Trinajstić information content (AvgIpc) is 3.40. The fourth-order valence-electron chi connectivity index (χ4n) is 4.95. The van der Waals surface area contributed by atoms with E-state index in [1.165, 1.54) is 5.56 Å². The van der Waals surface area contributed by atoms with Gasteiger partial charge >= 0.3 is 0 Å². The molecule has 31 heavy (non-hydrogen) atoms. The zero-order valence-electron chi connectivity index (χ0n) is 18.2. The minimum atomic E-state index is -0.394. The number of rotatable bonds is 2. The summed E-state index contributed by atoms with van der Waals surface area (Å²) >= 11 is 0. The first-order chi connectivity index (χ1) is 14.9. The number of carbonyl (C=O) groups excluding carboxylic acids is 2. The fourth-order valence-corrected chi connectivity index (χ4v) is 4.95. The molecular formula is C24H28N4O3. The van der Waals surface area contributed by atoms with Crippen molar-refractivity contribution in [3.63, 3.8) is 0 Å². The van der Waals surface area contributed by atoms with Crippen LogP contribution < -0.4 is 15.2 Å².